The zero-order chi connectivity index (χ0) is 5.49. The molecule has 1 saturated carbocycles. The van der Waals surface area contributed by atoms with Gasteiger partial charge in [0, 0.05) is 3.42 Å². The molecule has 0 aromatic heterocycles. The molecule has 0 radical (unpaired) electrons. The van der Waals surface area contributed by atoms with Crippen LogP contribution in [0.25, 0.3) is 0 Å². The second kappa shape index (κ2) is 1.58. The molecular weight excluding hydrogens is 203 g/mol. The molecule has 42 valence electrons. The summed E-state index contributed by atoms with van der Waals surface area (Å²) in [6.07, 6.45) is 2.30. The van der Waals surface area contributed by atoms with Gasteiger partial charge in [-0.1, -0.05) is 22.6 Å². The van der Waals surface area contributed by atoms with Crippen LogP contribution in [0.5, 0.6) is 0 Å². The summed E-state index contributed by atoms with van der Waals surface area (Å²) in [5.74, 6) is 0. The Bertz CT molecular complexity index is 76.1. The molecule has 0 aliphatic heterocycles. The number of halogens is 1. The Morgan fingerprint density at radius 3 is 2.14 bits per heavy atom. The third-order valence-corrected chi connectivity index (χ3v) is 3.46. The molecule has 0 bridgehead atoms. The molecule has 2 heteroatoms. The lowest BCUT2D eigenvalue weighted by molar-refractivity contribution is 0.189. The second-order valence-electron chi connectivity index (χ2n) is 2.21. The Morgan fingerprint density at radius 1 is 1.71 bits per heavy atom. The van der Waals surface area contributed by atoms with Crippen LogP contribution in [0.4, 0.5) is 0 Å². The van der Waals surface area contributed by atoms with Crippen molar-refractivity contribution in [2.75, 3.05) is 0 Å². The molecule has 1 unspecified atom stereocenters. The summed E-state index contributed by atoms with van der Waals surface area (Å²) in [6.45, 7) is 1.86. The van der Waals surface area contributed by atoms with Gasteiger partial charge in [0.15, 0.2) is 0 Å². The van der Waals surface area contributed by atoms with E-state index in [9.17, 15) is 0 Å². The average Bonchev–Trinajstić information content (AvgIpc) is 2.21. The van der Waals surface area contributed by atoms with Gasteiger partial charge in [0.2, 0.25) is 0 Å². The van der Waals surface area contributed by atoms with E-state index in [0.717, 1.165) is 0 Å². The van der Waals surface area contributed by atoms with Crippen LogP contribution >= 0.6 is 22.6 Å². The maximum Gasteiger partial charge on any atom is 0.0657 e. The van der Waals surface area contributed by atoms with E-state index < -0.39 is 0 Å². The molecule has 1 aliphatic carbocycles. The van der Waals surface area contributed by atoms with Gasteiger partial charge < -0.3 is 5.11 Å². The molecule has 1 rings (SSSR count). The normalized spacial score (nSPS) is 29.6. The summed E-state index contributed by atoms with van der Waals surface area (Å²) in [6, 6.07) is 0. The fraction of sp³-hybridized carbons (Fsp3) is 1.00. The lowest BCUT2D eigenvalue weighted by Gasteiger charge is -2.07. The van der Waals surface area contributed by atoms with E-state index in [1.54, 1.807) is 0 Å². The molecule has 1 nitrogen and oxygen atoms in total. The first kappa shape index (κ1) is 5.82. The maximum atomic E-state index is 8.94. The molecular formula is C5H9IO. The molecule has 0 spiro atoms. The molecule has 1 N–H and O–H groups in total. The van der Waals surface area contributed by atoms with E-state index in [1.807, 2.05) is 6.92 Å². The van der Waals surface area contributed by atoms with E-state index in [-0.39, 0.29) is 9.53 Å². The molecule has 0 saturated heterocycles. The van der Waals surface area contributed by atoms with Gasteiger partial charge in [-0.25, -0.2) is 0 Å². The average molecular weight is 212 g/mol. The van der Waals surface area contributed by atoms with E-state index in [4.69, 9.17) is 5.11 Å². The number of rotatable bonds is 1. The van der Waals surface area contributed by atoms with Crippen molar-refractivity contribution in [3.63, 3.8) is 0 Å². The molecule has 0 amide bonds. The van der Waals surface area contributed by atoms with Crippen molar-refractivity contribution >= 4 is 22.6 Å². The molecule has 0 aromatic carbocycles. The summed E-state index contributed by atoms with van der Waals surface area (Å²) < 4.78 is 0.276. The Kier molecular flexibility index (Phi) is 1.32. The van der Waals surface area contributed by atoms with Crippen LogP contribution in [0.2, 0.25) is 0 Å². The highest BCUT2D eigenvalue weighted by molar-refractivity contribution is 14.1. The van der Waals surface area contributed by atoms with Crippen LogP contribution in [0.15, 0.2) is 0 Å². The van der Waals surface area contributed by atoms with Crippen molar-refractivity contribution in [2.24, 2.45) is 0 Å². The lowest BCUT2D eigenvalue weighted by Crippen LogP contribution is -2.16. The zero-order valence-electron chi connectivity index (χ0n) is 4.32. The van der Waals surface area contributed by atoms with Gasteiger partial charge in [-0.3, -0.25) is 0 Å². The van der Waals surface area contributed by atoms with Crippen LogP contribution in [0, 0.1) is 0 Å². The minimum atomic E-state index is -0.104. The summed E-state index contributed by atoms with van der Waals surface area (Å²) in [5, 5.41) is 8.94. The first-order valence-corrected chi connectivity index (χ1v) is 3.60. The summed E-state index contributed by atoms with van der Waals surface area (Å²) >= 11 is 2.33. The Labute approximate surface area is 57.2 Å². The van der Waals surface area contributed by atoms with Crippen LogP contribution in [0.1, 0.15) is 19.8 Å². The summed E-state index contributed by atoms with van der Waals surface area (Å²) in [7, 11) is 0. The number of hydrogen-bond donors (Lipinski definition) is 1. The van der Waals surface area contributed by atoms with Crippen molar-refractivity contribution in [1.29, 1.82) is 0 Å². The molecule has 1 aliphatic rings. The van der Waals surface area contributed by atoms with Gasteiger partial charge in [0.25, 0.3) is 0 Å². The molecule has 7 heavy (non-hydrogen) atoms. The van der Waals surface area contributed by atoms with Gasteiger partial charge in [-0.15, -0.1) is 0 Å². The summed E-state index contributed by atoms with van der Waals surface area (Å²) in [4.78, 5) is 0. The zero-order valence-corrected chi connectivity index (χ0v) is 6.47. The predicted molar refractivity (Wildman–Crippen MR) is 37.7 cm³/mol. The molecule has 1 fully saturated rings. The van der Waals surface area contributed by atoms with Crippen LogP contribution in [-0.4, -0.2) is 14.6 Å². The SMILES string of the molecule is CC(O)C1(I)CC1. The van der Waals surface area contributed by atoms with Gasteiger partial charge >= 0.3 is 0 Å². The van der Waals surface area contributed by atoms with Crippen LogP contribution in [-0.2, 0) is 0 Å². The third-order valence-electron chi connectivity index (χ3n) is 1.48. The van der Waals surface area contributed by atoms with Crippen molar-refractivity contribution in [2.45, 2.75) is 29.3 Å². The Morgan fingerprint density at radius 2 is 2.14 bits per heavy atom. The van der Waals surface area contributed by atoms with Gasteiger partial charge in [-0.2, -0.15) is 0 Å². The third kappa shape index (κ3) is 1.08. The minimum Gasteiger partial charge on any atom is -0.392 e. The fourth-order valence-electron chi connectivity index (χ4n) is 0.537. The Hall–Kier alpha value is 0.690. The van der Waals surface area contributed by atoms with Crippen LogP contribution in [0.3, 0.4) is 0 Å². The van der Waals surface area contributed by atoms with E-state index in [0.29, 0.717) is 0 Å². The highest BCUT2D eigenvalue weighted by atomic mass is 127. The van der Waals surface area contributed by atoms with Gasteiger partial charge in [-0.05, 0) is 19.8 Å². The lowest BCUT2D eigenvalue weighted by atomic mass is 10.3. The predicted octanol–water partition coefficient (Wildman–Crippen LogP) is 1.33. The standard InChI is InChI=1S/C5H9IO/c1-4(7)5(6)2-3-5/h4,7H,2-3H2,1H3. The van der Waals surface area contributed by atoms with Gasteiger partial charge in [0.1, 0.15) is 0 Å². The van der Waals surface area contributed by atoms with Crippen molar-refractivity contribution in [3.05, 3.63) is 0 Å². The van der Waals surface area contributed by atoms with Crippen molar-refractivity contribution in [3.8, 4) is 0 Å². The van der Waals surface area contributed by atoms with E-state index in [1.165, 1.54) is 12.8 Å². The monoisotopic (exact) mass is 212 g/mol. The maximum absolute atomic E-state index is 8.94. The number of aliphatic hydroxyl groups excluding tert-OH is 1. The first-order chi connectivity index (χ1) is 3.15. The number of aliphatic hydroxyl groups is 1. The first-order valence-electron chi connectivity index (χ1n) is 2.52. The largest absolute Gasteiger partial charge is 0.392 e. The molecule has 1 atom stereocenters. The Balaban J connectivity index is 2.39. The topological polar surface area (TPSA) is 20.2 Å². The number of alkyl halides is 1. The highest BCUT2D eigenvalue weighted by Gasteiger charge is 2.43. The molecule has 0 heterocycles. The number of hydrogen-bond acceptors (Lipinski definition) is 1. The minimum absolute atomic E-state index is 0.104. The summed E-state index contributed by atoms with van der Waals surface area (Å²) in [5.41, 5.74) is 0. The van der Waals surface area contributed by atoms with E-state index in [2.05, 4.69) is 22.6 Å². The smallest absolute Gasteiger partial charge is 0.0657 e. The quantitative estimate of drug-likeness (QED) is 0.513. The van der Waals surface area contributed by atoms with Gasteiger partial charge in [0.05, 0.1) is 6.10 Å². The fourth-order valence-corrected chi connectivity index (χ4v) is 0.807. The molecule has 0 aromatic rings. The highest BCUT2D eigenvalue weighted by Crippen LogP contribution is 2.47. The van der Waals surface area contributed by atoms with E-state index >= 15 is 0 Å². The van der Waals surface area contributed by atoms with Crippen LogP contribution < -0.4 is 0 Å². The van der Waals surface area contributed by atoms with Crippen molar-refractivity contribution in [1.82, 2.24) is 0 Å². The second-order valence-corrected chi connectivity index (χ2v) is 4.36. The van der Waals surface area contributed by atoms with Crippen molar-refractivity contribution < 1.29 is 5.11 Å².